The first-order chi connectivity index (χ1) is 12.8. The molecule has 1 amide bonds. The number of sulfone groups is 1. The molecular weight excluding hydrogens is 406 g/mol. The van der Waals surface area contributed by atoms with Crippen molar-refractivity contribution in [2.45, 2.75) is 12.5 Å². The molecule has 6 nitrogen and oxygen atoms in total. The van der Waals surface area contributed by atoms with Crippen LogP contribution in [0.2, 0.25) is 0 Å². The predicted molar refractivity (Wildman–Crippen MR) is 111 cm³/mol. The molecule has 0 N–H and O–H groups in total. The van der Waals surface area contributed by atoms with Gasteiger partial charge >= 0.3 is 0 Å². The topological polar surface area (TPSA) is 72.9 Å². The molecule has 2 aliphatic rings. The van der Waals surface area contributed by atoms with E-state index in [9.17, 15) is 13.2 Å². The molecule has 27 heavy (non-hydrogen) atoms. The van der Waals surface area contributed by atoms with Gasteiger partial charge in [0.1, 0.15) is 10.9 Å². The van der Waals surface area contributed by atoms with E-state index in [2.05, 4.69) is 6.58 Å². The molecule has 2 heterocycles. The van der Waals surface area contributed by atoms with E-state index in [4.69, 9.17) is 21.7 Å². The molecule has 2 saturated heterocycles. The van der Waals surface area contributed by atoms with Crippen molar-refractivity contribution >= 4 is 50.1 Å². The zero-order valence-electron chi connectivity index (χ0n) is 14.7. The van der Waals surface area contributed by atoms with Crippen LogP contribution in [0.1, 0.15) is 12.0 Å². The molecule has 2 aliphatic heterocycles. The van der Waals surface area contributed by atoms with Crippen LogP contribution in [0.15, 0.2) is 35.8 Å². The fraction of sp³-hybridized carbons (Fsp3) is 0.333. The van der Waals surface area contributed by atoms with Crippen LogP contribution in [0, 0.1) is 0 Å². The minimum Gasteiger partial charge on any atom is -0.493 e. The zero-order chi connectivity index (χ0) is 19.6. The number of carbonyl (C=O) groups is 1. The van der Waals surface area contributed by atoms with E-state index < -0.39 is 9.84 Å². The van der Waals surface area contributed by atoms with Crippen molar-refractivity contribution in [2.75, 3.05) is 25.2 Å². The first kappa shape index (κ1) is 19.9. The lowest BCUT2D eigenvalue weighted by molar-refractivity contribution is -0.123. The molecule has 0 unspecified atom stereocenters. The summed E-state index contributed by atoms with van der Waals surface area (Å²) in [7, 11) is -1.56. The first-order valence-electron chi connectivity index (χ1n) is 8.24. The monoisotopic (exact) mass is 425 g/mol. The second-order valence-corrected chi connectivity index (χ2v) is 10.0. The number of thiocarbonyl (C=S) groups is 1. The van der Waals surface area contributed by atoms with Gasteiger partial charge in [-0.1, -0.05) is 42.7 Å². The maximum Gasteiger partial charge on any atom is 0.266 e. The molecule has 144 valence electrons. The highest BCUT2D eigenvalue weighted by atomic mass is 32.2. The van der Waals surface area contributed by atoms with Crippen molar-refractivity contribution in [3.05, 3.63) is 41.3 Å². The molecule has 0 saturated carbocycles. The van der Waals surface area contributed by atoms with Gasteiger partial charge < -0.3 is 9.47 Å². The second kappa shape index (κ2) is 8.04. The highest BCUT2D eigenvalue weighted by Gasteiger charge is 2.42. The average Bonchev–Trinajstić information content (AvgIpc) is 3.11. The van der Waals surface area contributed by atoms with Crippen molar-refractivity contribution in [1.29, 1.82) is 0 Å². The fourth-order valence-corrected chi connectivity index (χ4v) is 6.07. The second-order valence-electron chi connectivity index (χ2n) is 6.12. The van der Waals surface area contributed by atoms with Crippen molar-refractivity contribution in [1.82, 2.24) is 4.90 Å². The summed E-state index contributed by atoms with van der Waals surface area (Å²) in [6.45, 7) is 3.97. The largest absolute Gasteiger partial charge is 0.493 e. The van der Waals surface area contributed by atoms with Crippen LogP contribution < -0.4 is 9.47 Å². The Bertz CT molecular complexity index is 923. The number of methoxy groups -OCH3 is 1. The maximum absolute atomic E-state index is 12.8. The Hall–Kier alpha value is -1.84. The van der Waals surface area contributed by atoms with Gasteiger partial charge in [-0.15, -0.1) is 0 Å². The molecule has 2 fully saturated rings. The summed E-state index contributed by atoms with van der Waals surface area (Å²) in [5, 5.41) is 0. The predicted octanol–water partition coefficient (Wildman–Crippen LogP) is 2.65. The maximum atomic E-state index is 12.8. The Morgan fingerprint density at radius 2 is 2.19 bits per heavy atom. The van der Waals surface area contributed by atoms with Crippen LogP contribution in [0.3, 0.4) is 0 Å². The number of amides is 1. The third-order valence-corrected chi connectivity index (χ3v) is 7.32. The third-order valence-electron chi connectivity index (χ3n) is 4.24. The Kier molecular flexibility index (Phi) is 5.92. The number of carbonyl (C=O) groups excluding carboxylic acids is 1. The molecule has 1 atom stereocenters. The summed E-state index contributed by atoms with van der Waals surface area (Å²) in [5.41, 5.74) is 0.761. The van der Waals surface area contributed by atoms with Crippen molar-refractivity contribution in [2.24, 2.45) is 0 Å². The smallest absolute Gasteiger partial charge is 0.266 e. The first-order valence-corrected chi connectivity index (χ1v) is 11.3. The Morgan fingerprint density at radius 1 is 1.41 bits per heavy atom. The quantitative estimate of drug-likeness (QED) is 0.394. The van der Waals surface area contributed by atoms with Crippen LogP contribution in [0.25, 0.3) is 6.08 Å². The van der Waals surface area contributed by atoms with Gasteiger partial charge in [0.2, 0.25) is 0 Å². The Morgan fingerprint density at radius 3 is 2.81 bits per heavy atom. The highest BCUT2D eigenvalue weighted by Crippen LogP contribution is 2.37. The zero-order valence-corrected chi connectivity index (χ0v) is 17.2. The number of hydrogen-bond acceptors (Lipinski definition) is 7. The molecular formula is C18H19NO5S3. The van der Waals surface area contributed by atoms with Crippen LogP contribution in [0.4, 0.5) is 0 Å². The summed E-state index contributed by atoms with van der Waals surface area (Å²) in [5.74, 6) is 0.937. The van der Waals surface area contributed by atoms with Gasteiger partial charge in [-0.05, 0) is 30.2 Å². The van der Waals surface area contributed by atoms with Gasteiger partial charge in [0.05, 0.1) is 29.6 Å². The molecule has 0 radical (unpaired) electrons. The van der Waals surface area contributed by atoms with Crippen LogP contribution >= 0.6 is 24.0 Å². The van der Waals surface area contributed by atoms with Gasteiger partial charge in [-0.3, -0.25) is 9.69 Å². The number of benzene rings is 1. The molecule has 1 aromatic carbocycles. The molecule has 0 aromatic heterocycles. The summed E-state index contributed by atoms with van der Waals surface area (Å²) < 4.78 is 34.7. The number of thioether (sulfide) groups is 1. The number of rotatable bonds is 6. The normalized spacial score (nSPS) is 23.1. The number of hydrogen-bond donors (Lipinski definition) is 0. The lowest BCUT2D eigenvalue weighted by Crippen LogP contribution is -2.39. The molecule has 0 spiro atoms. The van der Waals surface area contributed by atoms with Gasteiger partial charge in [0.25, 0.3) is 5.91 Å². The van der Waals surface area contributed by atoms with Gasteiger partial charge in [-0.2, -0.15) is 0 Å². The molecule has 3 rings (SSSR count). The molecule has 9 heteroatoms. The Labute approximate surface area is 168 Å². The van der Waals surface area contributed by atoms with Crippen molar-refractivity contribution in [3.8, 4) is 11.5 Å². The lowest BCUT2D eigenvalue weighted by atomic mass is 10.1. The number of ether oxygens (including phenoxy) is 2. The van der Waals surface area contributed by atoms with Gasteiger partial charge in [0.15, 0.2) is 21.3 Å². The van der Waals surface area contributed by atoms with E-state index in [1.54, 1.807) is 31.4 Å². The van der Waals surface area contributed by atoms with Crippen molar-refractivity contribution < 1.29 is 22.7 Å². The molecule has 0 bridgehead atoms. The van der Waals surface area contributed by atoms with E-state index in [0.717, 1.165) is 5.56 Å². The van der Waals surface area contributed by atoms with E-state index in [1.165, 1.54) is 16.7 Å². The minimum atomic E-state index is -3.10. The summed E-state index contributed by atoms with van der Waals surface area (Å²) in [4.78, 5) is 14.7. The number of nitrogens with zero attached hydrogens (tertiary/aromatic N) is 1. The lowest BCUT2D eigenvalue weighted by Gasteiger charge is -2.20. The minimum absolute atomic E-state index is 0.0319. The summed E-state index contributed by atoms with van der Waals surface area (Å²) in [6, 6.07) is 4.97. The van der Waals surface area contributed by atoms with E-state index >= 15 is 0 Å². The molecule has 0 aliphatic carbocycles. The average molecular weight is 426 g/mol. The van der Waals surface area contributed by atoms with Crippen LogP contribution in [-0.2, 0) is 14.6 Å². The van der Waals surface area contributed by atoms with Gasteiger partial charge in [-0.25, -0.2) is 8.42 Å². The third kappa shape index (κ3) is 4.36. The molecule has 1 aromatic rings. The van der Waals surface area contributed by atoms with Crippen molar-refractivity contribution in [3.63, 3.8) is 0 Å². The van der Waals surface area contributed by atoms with E-state index in [0.29, 0.717) is 33.8 Å². The fourth-order valence-electron chi connectivity index (χ4n) is 2.97. The summed E-state index contributed by atoms with van der Waals surface area (Å²) >= 11 is 6.50. The van der Waals surface area contributed by atoms with E-state index in [-0.39, 0.29) is 23.5 Å². The van der Waals surface area contributed by atoms with E-state index in [1.807, 2.05) is 6.07 Å². The van der Waals surface area contributed by atoms with Gasteiger partial charge in [0, 0.05) is 0 Å². The van der Waals surface area contributed by atoms with Crippen LogP contribution in [-0.4, -0.2) is 54.8 Å². The summed E-state index contributed by atoms with van der Waals surface area (Å²) in [6.07, 6.45) is 3.79. The van der Waals surface area contributed by atoms with Crippen LogP contribution in [0.5, 0.6) is 11.5 Å². The SMILES string of the molecule is C=CCOc1ccc(/C=C2\SC(=S)N([C@@H]3CCS(=O)(=O)C3)C2=O)cc1OC. The highest BCUT2D eigenvalue weighted by molar-refractivity contribution is 8.26. The standard InChI is InChI=1S/C18H19NO5S3/c1-3-7-24-14-5-4-12(9-15(14)23-2)10-16-17(20)19(18(25)26-16)13-6-8-27(21,22)11-13/h3-5,9-10,13H,1,6-8,11H2,2H3/b16-10-/t13-/m1/s1. The Balaban J connectivity index is 1.82.